The molecule has 0 N–H and O–H groups in total. The maximum atomic E-state index is 12.8. The normalized spacial score (nSPS) is 18.4. The van der Waals surface area contributed by atoms with Crippen molar-refractivity contribution in [2.45, 2.75) is 25.7 Å². The SMILES string of the molecule is Cc1nnnn1Cc1ccc(C(=O)N2CCO[C@H](C(F)(F)F)C2)cc1. The quantitative estimate of drug-likeness (QED) is 0.833. The van der Waals surface area contributed by atoms with Gasteiger partial charge in [0.05, 0.1) is 19.7 Å². The summed E-state index contributed by atoms with van der Waals surface area (Å²) in [5.74, 6) is 0.217. The highest BCUT2D eigenvalue weighted by atomic mass is 19.4. The molecule has 7 nitrogen and oxygen atoms in total. The van der Waals surface area contributed by atoms with Gasteiger partial charge in [0.2, 0.25) is 0 Å². The summed E-state index contributed by atoms with van der Waals surface area (Å²) in [5, 5.41) is 11.2. The highest BCUT2D eigenvalue weighted by Gasteiger charge is 2.44. The molecule has 1 fully saturated rings. The minimum absolute atomic E-state index is 0.132. The second-order valence-electron chi connectivity index (χ2n) is 5.73. The number of hydrogen-bond donors (Lipinski definition) is 0. The van der Waals surface area contributed by atoms with Gasteiger partial charge in [-0.2, -0.15) is 13.2 Å². The minimum Gasteiger partial charge on any atom is -0.365 e. The van der Waals surface area contributed by atoms with Crippen LogP contribution in [-0.4, -0.2) is 63.0 Å². The Hall–Kier alpha value is -2.49. The van der Waals surface area contributed by atoms with Gasteiger partial charge in [-0.05, 0) is 35.0 Å². The van der Waals surface area contributed by atoms with Crippen molar-refractivity contribution in [1.29, 1.82) is 0 Å². The first-order valence-electron chi connectivity index (χ1n) is 7.64. The first kappa shape index (κ1) is 17.3. The van der Waals surface area contributed by atoms with Crippen LogP contribution in [0.1, 0.15) is 21.7 Å². The molecule has 1 aromatic carbocycles. The van der Waals surface area contributed by atoms with Crippen molar-refractivity contribution in [1.82, 2.24) is 25.1 Å². The number of halogens is 3. The van der Waals surface area contributed by atoms with Crippen molar-refractivity contribution in [3.63, 3.8) is 0 Å². The molecule has 134 valence electrons. The van der Waals surface area contributed by atoms with Crippen LogP contribution in [0.15, 0.2) is 24.3 Å². The van der Waals surface area contributed by atoms with Gasteiger partial charge < -0.3 is 9.64 Å². The third-order valence-electron chi connectivity index (χ3n) is 3.96. The molecule has 0 spiro atoms. The molecule has 2 heterocycles. The molecule has 0 bridgehead atoms. The Morgan fingerprint density at radius 1 is 1.32 bits per heavy atom. The minimum atomic E-state index is -4.48. The molecule has 3 rings (SSSR count). The van der Waals surface area contributed by atoms with Crippen LogP contribution in [0.2, 0.25) is 0 Å². The number of hydrogen-bond acceptors (Lipinski definition) is 5. The Bertz CT molecular complexity index is 744. The van der Waals surface area contributed by atoms with Gasteiger partial charge in [0.15, 0.2) is 6.10 Å². The Kier molecular flexibility index (Phi) is 4.71. The number of tetrazole rings is 1. The first-order chi connectivity index (χ1) is 11.8. The second kappa shape index (κ2) is 6.79. The molecule has 1 amide bonds. The van der Waals surface area contributed by atoms with Crippen molar-refractivity contribution >= 4 is 5.91 Å². The number of rotatable bonds is 3. The van der Waals surface area contributed by atoms with Crippen molar-refractivity contribution in [3.05, 3.63) is 41.2 Å². The van der Waals surface area contributed by atoms with E-state index < -0.39 is 24.7 Å². The fraction of sp³-hybridized carbons (Fsp3) is 0.467. The Morgan fingerprint density at radius 3 is 2.64 bits per heavy atom. The van der Waals surface area contributed by atoms with Crippen LogP contribution in [0.4, 0.5) is 13.2 Å². The second-order valence-corrected chi connectivity index (χ2v) is 5.73. The van der Waals surface area contributed by atoms with Gasteiger partial charge in [0.1, 0.15) is 5.82 Å². The van der Waals surface area contributed by atoms with E-state index in [0.29, 0.717) is 17.9 Å². The van der Waals surface area contributed by atoms with E-state index in [2.05, 4.69) is 15.5 Å². The lowest BCUT2D eigenvalue weighted by Crippen LogP contribution is -2.51. The van der Waals surface area contributed by atoms with Gasteiger partial charge in [-0.3, -0.25) is 4.79 Å². The lowest BCUT2D eigenvalue weighted by Gasteiger charge is -2.33. The van der Waals surface area contributed by atoms with E-state index in [9.17, 15) is 18.0 Å². The van der Waals surface area contributed by atoms with Crippen LogP contribution in [0.3, 0.4) is 0 Å². The number of carbonyl (C=O) groups excluding carboxylic acids is 1. The topological polar surface area (TPSA) is 73.1 Å². The highest BCUT2D eigenvalue weighted by molar-refractivity contribution is 5.94. The van der Waals surface area contributed by atoms with Crippen molar-refractivity contribution in [2.24, 2.45) is 0 Å². The largest absolute Gasteiger partial charge is 0.416 e. The lowest BCUT2D eigenvalue weighted by atomic mass is 10.1. The van der Waals surface area contributed by atoms with Crippen LogP contribution in [0, 0.1) is 6.92 Å². The summed E-state index contributed by atoms with van der Waals surface area (Å²) in [5.41, 5.74) is 1.21. The number of aryl methyl sites for hydroxylation is 1. The molecule has 1 aliphatic rings. The lowest BCUT2D eigenvalue weighted by molar-refractivity contribution is -0.233. The van der Waals surface area contributed by atoms with Gasteiger partial charge in [0, 0.05) is 12.1 Å². The average Bonchev–Trinajstić information content (AvgIpc) is 2.99. The predicted molar refractivity (Wildman–Crippen MR) is 79.8 cm³/mol. The summed E-state index contributed by atoms with van der Waals surface area (Å²) in [7, 11) is 0. The molecule has 1 aliphatic heterocycles. The van der Waals surface area contributed by atoms with E-state index in [0.717, 1.165) is 5.56 Å². The summed E-state index contributed by atoms with van der Waals surface area (Å²) in [4.78, 5) is 13.6. The monoisotopic (exact) mass is 355 g/mol. The van der Waals surface area contributed by atoms with Gasteiger partial charge in [-0.25, -0.2) is 4.68 Å². The van der Waals surface area contributed by atoms with E-state index in [-0.39, 0.29) is 13.2 Å². The zero-order chi connectivity index (χ0) is 18.0. The summed E-state index contributed by atoms with van der Waals surface area (Å²) in [6, 6.07) is 6.65. The molecule has 1 saturated heterocycles. The summed E-state index contributed by atoms with van der Waals surface area (Å²) in [6.07, 6.45) is -6.42. The Balaban J connectivity index is 1.67. The van der Waals surface area contributed by atoms with Crippen LogP contribution in [0.25, 0.3) is 0 Å². The molecular weight excluding hydrogens is 339 g/mol. The molecule has 0 saturated carbocycles. The van der Waals surface area contributed by atoms with Gasteiger partial charge in [-0.1, -0.05) is 12.1 Å². The molecule has 2 aromatic rings. The molecule has 1 atom stereocenters. The van der Waals surface area contributed by atoms with Crippen LogP contribution >= 0.6 is 0 Å². The molecular formula is C15H16F3N5O2. The zero-order valence-corrected chi connectivity index (χ0v) is 13.4. The number of amides is 1. The predicted octanol–water partition coefficient (Wildman–Crippen LogP) is 1.43. The van der Waals surface area contributed by atoms with Crippen molar-refractivity contribution in [3.8, 4) is 0 Å². The number of aromatic nitrogens is 4. The summed E-state index contributed by atoms with van der Waals surface area (Å²) < 4.78 is 44.6. The summed E-state index contributed by atoms with van der Waals surface area (Å²) in [6.45, 7) is 1.73. The average molecular weight is 355 g/mol. The van der Waals surface area contributed by atoms with E-state index >= 15 is 0 Å². The van der Waals surface area contributed by atoms with Crippen molar-refractivity contribution in [2.75, 3.05) is 19.7 Å². The van der Waals surface area contributed by atoms with Crippen LogP contribution < -0.4 is 0 Å². The standard InChI is InChI=1S/C15H16F3N5O2/c1-10-19-20-21-23(10)8-11-2-4-12(5-3-11)14(24)22-6-7-25-13(9-22)15(16,17)18/h2-5,13H,6-9H2,1H3/t13-/m0/s1. The van der Waals surface area contributed by atoms with E-state index in [4.69, 9.17) is 4.74 Å². The molecule has 0 aliphatic carbocycles. The maximum Gasteiger partial charge on any atom is 0.416 e. The number of nitrogens with zero attached hydrogens (tertiary/aromatic N) is 5. The Morgan fingerprint density at radius 2 is 2.04 bits per heavy atom. The third-order valence-corrected chi connectivity index (χ3v) is 3.96. The van der Waals surface area contributed by atoms with E-state index in [1.165, 1.54) is 4.90 Å². The third kappa shape index (κ3) is 3.95. The maximum absolute atomic E-state index is 12.8. The molecule has 10 heteroatoms. The number of alkyl halides is 3. The smallest absolute Gasteiger partial charge is 0.365 e. The van der Waals surface area contributed by atoms with Gasteiger partial charge in [-0.15, -0.1) is 5.10 Å². The fourth-order valence-electron chi connectivity index (χ4n) is 2.54. The molecule has 0 unspecified atom stereocenters. The van der Waals surface area contributed by atoms with Crippen LogP contribution in [-0.2, 0) is 11.3 Å². The van der Waals surface area contributed by atoms with E-state index in [1.807, 2.05) is 0 Å². The first-order valence-corrected chi connectivity index (χ1v) is 7.64. The summed E-state index contributed by atoms with van der Waals surface area (Å²) >= 11 is 0. The zero-order valence-electron chi connectivity index (χ0n) is 13.4. The Labute approximate surface area is 141 Å². The fourth-order valence-corrected chi connectivity index (χ4v) is 2.54. The van der Waals surface area contributed by atoms with E-state index in [1.54, 1.807) is 35.9 Å². The van der Waals surface area contributed by atoms with Crippen molar-refractivity contribution < 1.29 is 22.7 Å². The highest BCUT2D eigenvalue weighted by Crippen LogP contribution is 2.26. The number of benzene rings is 1. The number of carbonyl (C=O) groups is 1. The van der Waals surface area contributed by atoms with Crippen LogP contribution in [0.5, 0.6) is 0 Å². The van der Waals surface area contributed by atoms with Gasteiger partial charge in [0.25, 0.3) is 5.91 Å². The molecule has 25 heavy (non-hydrogen) atoms. The molecule has 0 radical (unpaired) electrons. The van der Waals surface area contributed by atoms with Gasteiger partial charge >= 0.3 is 6.18 Å². The molecule has 1 aromatic heterocycles. The number of ether oxygens (including phenoxy) is 1. The number of morpholine rings is 1.